The molecule has 0 spiro atoms. The molecule has 0 saturated heterocycles. The molecule has 9 rings (SSSR count). The van der Waals surface area contributed by atoms with Crippen LogP contribution in [0, 0.1) is 0 Å². The van der Waals surface area contributed by atoms with Crippen molar-refractivity contribution in [3.05, 3.63) is 180 Å². The lowest BCUT2D eigenvalue weighted by Gasteiger charge is -2.11. The number of benzene rings is 7. The van der Waals surface area contributed by atoms with Crippen molar-refractivity contribution in [1.82, 2.24) is 19.5 Å². The molecule has 4 nitrogen and oxygen atoms in total. The first-order valence-electron chi connectivity index (χ1n) is 16.6. The van der Waals surface area contributed by atoms with Crippen molar-refractivity contribution < 1.29 is 0 Å². The van der Waals surface area contributed by atoms with Crippen molar-refractivity contribution in [3.8, 4) is 62.1 Å². The highest BCUT2D eigenvalue weighted by Crippen LogP contribution is 2.41. The second kappa shape index (κ2) is 12.7. The highest BCUT2D eigenvalue weighted by atomic mass is 79.9. The van der Waals surface area contributed by atoms with Gasteiger partial charge in [-0.1, -0.05) is 149 Å². The number of hydrogen-bond acceptors (Lipinski definition) is 3. The van der Waals surface area contributed by atoms with Gasteiger partial charge in [-0.2, -0.15) is 0 Å². The molecule has 0 aliphatic carbocycles. The monoisotopic (exact) mass is 704 g/mol. The van der Waals surface area contributed by atoms with Crippen LogP contribution >= 0.6 is 15.9 Å². The number of nitrogens with zero attached hydrogens (tertiary/aromatic N) is 4. The normalized spacial score (nSPS) is 11.3. The van der Waals surface area contributed by atoms with E-state index >= 15 is 0 Å². The van der Waals surface area contributed by atoms with Gasteiger partial charge in [-0.3, -0.25) is 0 Å². The first-order valence-corrected chi connectivity index (χ1v) is 17.4. The predicted molar refractivity (Wildman–Crippen MR) is 209 cm³/mol. The van der Waals surface area contributed by atoms with E-state index in [9.17, 15) is 0 Å². The van der Waals surface area contributed by atoms with E-state index in [1.165, 1.54) is 21.9 Å². The van der Waals surface area contributed by atoms with Gasteiger partial charge in [-0.25, -0.2) is 15.0 Å². The zero-order valence-corrected chi connectivity index (χ0v) is 28.5. The minimum absolute atomic E-state index is 0.634. The summed E-state index contributed by atoms with van der Waals surface area (Å²) >= 11 is 3.71. The van der Waals surface area contributed by atoms with Gasteiger partial charge in [0, 0.05) is 37.6 Å². The molecule has 5 heteroatoms. The van der Waals surface area contributed by atoms with E-state index in [0.29, 0.717) is 17.5 Å². The zero-order chi connectivity index (χ0) is 33.4. The van der Waals surface area contributed by atoms with Crippen molar-refractivity contribution in [2.75, 3.05) is 0 Å². The summed E-state index contributed by atoms with van der Waals surface area (Å²) in [6.07, 6.45) is 0. The first-order chi connectivity index (χ1) is 24.7. The number of halogens is 1. The molecule has 0 N–H and O–H groups in total. The summed E-state index contributed by atoms with van der Waals surface area (Å²) in [6, 6.07) is 61.2. The van der Waals surface area contributed by atoms with Crippen LogP contribution in [0.25, 0.3) is 83.9 Å². The van der Waals surface area contributed by atoms with Crippen molar-refractivity contribution in [3.63, 3.8) is 0 Å². The van der Waals surface area contributed by atoms with Crippen molar-refractivity contribution in [2.24, 2.45) is 0 Å². The SMILES string of the molecule is Brc1cccc(-n2c3ccc(-c4ccccc4)cc3c3c(-c4cccc(-c5nc(-c6ccccc6)nc(-c6ccccc6)n5)c4)cccc32)c1. The number of rotatable bonds is 6. The van der Waals surface area contributed by atoms with E-state index in [0.717, 1.165) is 49.0 Å². The van der Waals surface area contributed by atoms with Crippen LogP contribution in [0.5, 0.6) is 0 Å². The molecule has 0 atom stereocenters. The van der Waals surface area contributed by atoms with Gasteiger partial charge in [-0.05, 0) is 64.7 Å². The standard InChI is InChI=1S/C45H29BrN4/c46-36-21-11-22-37(29-36)50-40-26-25-33(30-13-4-1-5-14-30)28-39(40)42-38(23-12-24-41(42)50)34-19-10-20-35(27-34)45-48-43(31-15-6-2-7-16-31)47-44(49-45)32-17-8-3-9-18-32/h1-29H. The fraction of sp³-hybridized carbons (Fsp3) is 0. The molecule has 50 heavy (non-hydrogen) atoms. The Balaban J connectivity index is 1.26. The summed E-state index contributed by atoms with van der Waals surface area (Å²) in [4.78, 5) is 14.9. The van der Waals surface area contributed by atoms with E-state index in [1.54, 1.807) is 0 Å². The van der Waals surface area contributed by atoms with Crippen LogP contribution in [0.4, 0.5) is 0 Å². The molecule has 0 aliphatic rings. The second-order valence-electron chi connectivity index (χ2n) is 12.2. The molecule has 9 aromatic rings. The smallest absolute Gasteiger partial charge is 0.164 e. The van der Waals surface area contributed by atoms with Crippen LogP contribution < -0.4 is 0 Å². The number of hydrogen-bond donors (Lipinski definition) is 0. The molecule has 0 unspecified atom stereocenters. The Hall–Kier alpha value is -6.17. The topological polar surface area (TPSA) is 43.6 Å². The van der Waals surface area contributed by atoms with Gasteiger partial charge in [0.25, 0.3) is 0 Å². The van der Waals surface area contributed by atoms with Crippen LogP contribution in [0.2, 0.25) is 0 Å². The van der Waals surface area contributed by atoms with Crippen molar-refractivity contribution >= 4 is 37.7 Å². The zero-order valence-electron chi connectivity index (χ0n) is 26.9. The summed E-state index contributed by atoms with van der Waals surface area (Å²) in [5.74, 6) is 1.93. The molecule has 0 fully saturated rings. The third kappa shape index (κ3) is 5.48. The molecule has 236 valence electrons. The van der Waals surface area contributed by atoms with Crippen molar-refractivity contribution in [1.29, 1.82) is 0 Å². The summed E-state index contributed by atoms with van der Waals surface area (Å²) in [5.41, 5.74) is 10.8. The van der Waals surface area contributed by atoms with Crippen molar-refractivity contribution in [2.45, 2.75) is 0 Å². The van der Waals surface area contributed by atoms with Gasteiger partial charge in [0.1, 0.15) is 0 Å². The molecule has 0 aliphatic heterocycles. The number of aromatic nitrogens is 4. The molecule has 0 bridgehead atoms. The van der Waals surface area contributed by atoms with Gasteiger partial charge in [0.15, 0.2) is 17.5 Å². The highest BCUT2D eigenvalue weighted by molar-refractivity contribution is 9.10. The Morgan fingerprint density at radius 1 is 0.380 bits per heavy atom. The van der Waals surface area contributed by atoms with Crippen LogP contribution in [0.1, 0.15) is 0 Å². The second-order valence-corrected chi connectivity index (χ2v) is 13.1. The lowest BCUT2D eigenvalue weighted by atomic mass is 9.96. The molecule has 2 heterocycles. The van der Waals surface area contributed by atoms with E-state index in [1.807, 2.05) is 60.7 Å². The van der Waals surface area contributed by atoms with Crippen LogP contribution in [0.15, 0.2) is 180 Å². The van der Waals surface area contributed by atoms with E-state index in [2.05, 4.69) is 136 Å². The average Bonchev–Trinajstić information content (AvgIpc) is 3.53. The maximum atomic E-state index is 5.01. The predicted octanol–water partition coefficient (Wildman–Crippen LogP) is 12.1. The van der Waals surface area contributed by atoms with Gasteiger partial charge in [0.05, 0.1) is 11.0 Å². The molecular formula is C45H29BrN4. The Labute approximate surface area is 298 Å². The lowest BCUT2D eigenvalue weighted by molar-refractivity contribution is 1.07. The fourth-order valence-electron chi connectivity index (χ4n) is 6.78. The molecule has 0 saturated carbocycles. The third-order valence-electron chi connectivity index (χ3n) is 9.09. The van der Waals surface area contributed by atoms with Gasteiger partial charge < -0.3 is 4.57 Å². The Kier molecular flexibility index (Phi) is 7.60. The van der Waals surface area contributed by atoms with Crippen LogP contribution in [0.3, 0.4) is 0 Å². The van der Waals surface area contributed by atoms with E-state index < -0.39 is 0 Å². The molecule has 2 aromatic heterocycles. The third-order valence-corrected chi connectivity index (χ3v) is 9.59. The largest absolute Gasteiger partial charge is 0.309 e. The Bertz CT molecular complexity index is 2590. The summed E-state index contributed by atoms with van der Waals surface area (Å²) in [5, 5.41) is 2.39. The number of fused-ring (bicyclic) bond motifs is 3. The maximum Gasteiger partial charge on any atom is 0.164 e. The molecule has 0 radical (unpaired) electrons. The fourth-order valence-corrected chi connectivity index (χ4v) is 7.17. The van der Waals surface area contributed by atoms with E-state index in [-0.39, 0.29) is 0 Å². The van der Waals surface area contributed by atoms with Crippen LogP contribution in [-0.2, 0) is 0 Å². The minimum Gasteiger partial charge on any atom is -0.309 e. The molecule has 0 amide bonds. The summed E-state index contributed by atoms with van der Waals surface area (Å²) < 4.78 is 3.40. The first kappa shape index (κ1) is 29.9. The summed E-state index contributed by atoms with van der Waals surface area (Å²) in [6.45, 7) is 0. The van der Waals surface area contributed by atoms with Gasteiger partial charge in [-0.15, -0.1) is 0 Å². The molecule has 7 aromatic carbocycles. The minimum atomic E-state index is 0.634. The quantitative estimate of drug-likeness (QED) is 0.173. The van der Waals surface area contributed by atoms with E-state index in [4.69, 9.17) is 15.0 Å². The summed E-state index contributed by atoms with van der Waals surface area (Å²) in [7, 11) is 0. The Morgan fingerprint density at radius 3 is 1.60 bits per heavy atom. The van der Waals surface area contributed by atoms with Crippen LogP contribution in [-0.4, -0.2) is 19.5 Å². The highest BCUT2D eigenvalue weighted by Gasteiger charge is 2.19. The van der Waals surface area contributed by atoms with Gasteiger partial charge >= 0.3 is 0 Å². The maximum absolute atomic E-state index is 5.01. The average molecular weight is 706 g/mol. The molecular weight excluding hydrogens is 676 g/mol. The lowest BCUT2D eigenvalue weighted by Crippen LogP contribution is -2.00. The Morgan fingerprint density at radius 2 is 0.940 bits per heavy atom. The van der Waals surface area contributed by atoms with Gasteiger partial charge in [0.2, 0.25) is 0 Å².